The Bertz CT molecular complexity index is 558. The Labute approximate surface area is 122 Å². The Balaban J connectivity index is 1.59. The van der Waals surface area contributed by atoms with Crippen LogP contribution in [0.4, 0.5) is 11.6 Å². The van der Waals surface area contributed by atoms with Gasteiger partial charge in [-0.25, -0.2) is 0 Å². The number of hydrogen-bond donors (Lipinski definition) is 1. The lowest BCUT2D eigenvalue weighted by molar-refractivity contribution is -0.388. The minimum absolute atomic E-state index is 0.141. The van der Waals surface area contributed by atoms with Crippen LogP contribution in [0.1, 0.15) is 25.7 Å². The van der Waals surface area contributed by atoms with Crippen molar-refractivity contribution in [2.75, 3.05) is 18.4 Å². The maximum Gasteiger partial charge on any atom is 0.406 e. The van der Waals surface area contributed by atoms with Crippen molar-refractivity contribution < 1.29 is 9.72 Å². The van der Waals surface area contributed by atoms with E-state index in [1.54, 1.807) is 11.6 Å². The van der Waals surface area contributed by atoms with Gasteiger partial charge in [0.15, 0.2) is 0 Å². The zero-order valence-electron chi connectivity index (χ0n) is 12.0. The number of anilines is 1. The number of aromatic nitrogens is 2. The van der Waals surface area contributed by atoms with E-state index in [2.05, 4.69) is 10.3 Å². The summed E-state index contributed by atoms with van der Waals surface area (Å²) < 4.78 is 1.62. The number of likely N-dealkylation sites (tertiary alicyclic amines) is 1. The molecule has 1 N–H and O–H groups in total. The van der Waals surface area contributed by atoms with E-state index < -0.39 is 4.92 Å². The van der Waals surface area contributed by atoms with Gasteiger partial charge in [-0.05, 0) is 35.6 Å². The van der Waals surface area contributed by atoms with Gasteiger partial charge in [-0.3, -0.25) is 9.36 Å². The molecule has 2 heterocycles. The molecular weight excluding hydrogens is 274 g/mol. The van der Waals surface area contributed by atoms with Crippen molar-refractivity contribution in [3.63, 3.8) is 0 Å². The number of carbonyl (C=O) groups is 1. The summed E-state index contributed by atoms with van der Waals surface area (Å²) in [4.78, 5) is 28.2. The molecule has 0 bridgehead atoms. The monoisotopic (exact) mass is 293 g/mol. The highest BCUT2D eigenvalue weighted by atomic mass is 16.6. The third kappa shape index (κ3) is 2.84. The Morgan fingerprint density at radius 2 is 2.05 bits per heavy atom. The Morgan fingerprint density at radius 1 is 1.38 bits per heavy atom. The molecule has 0 unspecified atom stereocenters. The van der Waals surface area contributed by atoms with E-state index in [0.717, 1.165) is 38.8 Å². The maximum atomic E-state index is 12.0. The highest BCUT2D eigenvalue weighted by Crippen LogP contribution is 2.32. The lowest BCUT2D eigenvalue weighted by Gasteiger charge is -2.32. The van der Waals surface area contributed by atoms with Crippen LogP contribution in [0.25, 0.3) is 0 Å². The summed E-state index contributed by atoms with van der Waals surface area (Å²) in [7, 11) is 1.73. The molecule has 1 aliphatic carbocycles. The molecule has 0 radical (unpaired) electrons. The van der Waals surface area contributed by atoms with E-state index in [0.29, 0.717) is 5.82 Å². The van der Waals surface area contributed by atoms with E-state index in [-0.39, 0.29) is 23.7 Å². The van der Waals surface area contributed by atoms with Crippen molar-refractivity contribution in [1.82, 2.24) is 14.5 Å². The van der Waals surface area contributed by atoms with Gasteiger partial charge >= 0.3 is 5.82 Å². The number of hydrogen-bond acceptors (Lipinski definition) is 5. The second-order valence-corrected chi connectivity index (χ2v) is 5.80. The summed E-state index contributed by atoms with van der Waals surface area (Å²) in [5, 5.41) is 14.1. The topological polar surface area (TPSA) is 93.3 Å². The molecule has 0 aromatic carbocycles. The van der Waals surface area contributed by atoms with E-state index >= 15 is 0 Å². The number of carbonyl (C=O) groups excluding carboxylic acids is 1. The fourth-order valence-electron chi connectivity index (χ4n) is 2.74. The lowest BCUT2D eigenvalue weighted by Crippen LogP contribution is -2.43. The number of nitrogens with zero attached hydrogens (tertiary/aromatic N) is 4. The largest absolute Gasteiger partial charge is 0.406 e. The molecule has 1 saturated heterocycles. The van der Waals surface area contributed by atoms with Crippen LogP contribution in [0.2, 0.25) is 0 Å². The standard InChI is InChI=1S/C13H19N5O3/c1-16-8-14-11(18(20)21)12(16)15-10-4-6-17(7-5-10)13(19)9-2-3-9/h8-10,15H,2-7H2,1H3. The van der Waals surface area contributed by atoms with Crippen LogP contribution in [0.15, 0.2) is 6.33 Å². The zero-order valence-corrected chi connectivity index (χ0v) is 12.0. The van der Waals surface area contributed by atoms with Gasteiger partial charge in [-0.2, -0.15) is 0 Å². The number of imidazole rings is 1. The van der Waals surface area contributed by atoms with E-state index in [9.17, 15) is 14.9 Å². The van der Waals surface area contributed by atoms with Crippen LogP contribution in [0.5, 0.6) is 0 Å². The summed E-state index contributed by atoms with van der Waals surface area (Å²) in [6.07, 6.45) is 5.10. The quantitative estimate of drug-likeness (QED) is 0.663. The number of amides is 1. The molecule has 3 rings (SSSR count). The summed E-state index contributed by atoms with van der Waals surface area (Å²) >= 11 is 0. The number of nitro groups is 1. The van der Waals surface area contributed by atoms with Crippen LogP contribution in [-0.4, -0.2) is 44.4 Å². The van der Waals surface area contributed by atoms with E-state index in [1.807, 2.05) is 4.90 Å². The molecule has 8 heteroatoms. The third-order valence-corrected chi connectivity index (χ3v) is 4.16. The fourth-order valence-corrected chi connectivity index (χ4v) is 2.74. The molecule has 0 atom stereocenters. The number of rotatable bonds is 4. The molecule has 21 heavy (non-hydrogen) atoms. The molecule has 2 aliphatic rings. The molecule has 0 spiro atoms. The molecule has 2 fully saturated rings. The van der Waals surface area contributed by atoms with Gasteiger partial charge < -0.3 is 20.3 Å². The Morgan fingerprint density at radius 3 is 2.62 bits per heavy atom. The number of nitrogens with one attached hydrogen (secondary N) is 1. The summed E-state index contributed by atoms with van der Waals surface area (Å²) in [6.45, 7) is 1.44. The Hall–Kier alpha value is -2.12. The molecule has 1 aliphatic heterocycles. The molecule has 8 nitrogen and oxygen atoms in total. The second-order valence-electron chi connectivity index (χ2n) is 5.80. The highest BCUT2D eigenvalue weighted by Gasteiger charge is 2.35. The zero-order chi connectivity index (χ0) is 15.0. The van der Waals surface area contributed by atoms with Crippen LogP contribution in [0, 0.1) is 16.0 Å². The lowest BCUT2D eigenvalue weighted by atomic mass is 10.0. The third-order valence-electron chi connectivity index (χ3n) is 4.16. The van der Waals surface area contributed by atoms with Crippen molar-refractivity contribution in [2.45, 2.75) is 31.7 Å². The predicted molar refractivity (Wildman–Crippen MR) is 75.8 cm³/mol. The van der Waals surface area contributed by atoms with Crippen LogP contribution in [0.3, 0.4) is 0 Å². The van der Waals surface area contributed by atoms with Crippen molar-refractivity contribution in [3.05, 3.63) is 16.4 Å². The molecule has 1 saturated carbocycles. The van der Waals surface area contributed by atoms with Gasteiger partial charge in [0.1, 0.15) is 0 Å². The molecule has 1 aromatic rings. The van der Waals surface area contributed by atoms with E-state index in [4.69, 9.17) is 0 Å². The van der Waals surface area contributed by atoms with Gasteiger partial charge in [-0.15, -0.1) is 0 Å². The first-order valence-electron chi connectivity index (χ1n) is 7.27. The fraction of sp³-hybridized carbons (Fsp3) is 0.692. The van der Waals surface area contributed by atoms with Crippen molar-refractivity contribution in [1.29, 1.82) is 0 Å². The second kappa shape index (κ2) is 5.34. The maximum absolute atomic E-state index is 12.0. The number of piperidine rings is 1. The molecule has 1 aromatic heterocycles. The van der Waals surface area contributed by atoms with Gasteiger partial charge in [0.2, 0.25) is 18.1 Å². The molecule has 1 amide bonds. The normalized spacial score (nSPS) is 19.6. The minimum Gasteiger partial charge on any atom is -0.361 e. The molecular formula is C13H19N5O3. The Kier molecular flexibility index (Phi) is 3.52. The smallest absolute Gasteiger partial charge is 0.361 e. The van der Waals surface area contributed by atoms with Gasteiger partial charge in [-0.1, -0.05) is 0 Å². The van der Waals surface area contributed by atoms with Crippen molar-refractivity contribution >= 4 is 17.5 Å². The predicted octanol–water partition coefficient (Wildman–Crippen LogP) is 1.14. The first kappa shape index (κ1) is 13.8. The van der Waals surface area contributed by atoms with Crippen molar-refractivity contribution in [3.8, 4) is 0 Å². The summed E-state index contributed by atoms with van der Waals surface area (Å²) in [5.41, 5.74) is 0. The SMILES string of the molecule is Cn1cnc([N+](=O)[O-])c1NC1CCN(C(=O)C2CC2)CC1. The first-order chi connectivity index (χ1) is 10.1. The molecule has 114 valence electrons. The average Bonchev–Trinajstić information content (AvgIpc) is 3.25. The average molecular weight is 293 g/mol. The van der Waals surface area contributed by atoms with Gasteiger partial charge in [0.25, 0.3) is 0 Å². The minimum atomic E-state index is -0.478. The first-order valence-corrected chi connectivity index (χ1v) is 7.27. The summed E-state index contributed by atoms with van der Waals surface area (Å²) in [5.74, 6) is 0.827. The highest BCUT2D eigenvalue weighted by molar-refractivity contribution is 5.81. The van der Waals surface area contributed by atoms with Gasteiger partial charge in [0.05, 0.1) is 0 Å². The van der Waals surface area contributed by atoms with E-state index in [1.165, 1.54) is 6.33 Å². The van der Waals surface area contributed by atoms with Crippen molar-refractivity contribution in [2.24, 2.45) is 13.0 Å². The van der Waals surface area contributed by atoms with Crippen LogP contribution < -0.4 is 5.32 Å². The number of aryl methyl sites for hydroxylation is 1. The van der Waals surface area contributed by atoms with Crippen LogP contribution >= 0.6 is 0 Å². The summed E-state index contributed by atoms with van der Waals surface area (Å²) in [6, 6.07) is 0.141. The van der Waals surface area contributed by atoms with Crippen LogP contribution in [-0.2, 0) is 11.8 Å². The van der Waals surface area contributed by atoms with Gasteiger partial charge in [0, 0.05) is 32.1 Å².